The van der Waals surface area contributed by atoms with Gasteiger partial charge in [-0.05, 0) is 47.5 Å². The van der Waals surface area contributed by atoms with Gasteiger partial charge in [-0.15, -0.1) is 0 Å². The molecule has 0 aliphatic carbocycles. The number of aromatic nitrogens is 2. The summed E-state index contributed by atoms with van der Waals surface area (Å²) in [5.41, 5.74) is 5.20. The first-order valence-electron chi connectivity index (χ1n) is 7.44. The molecule has 0 aliphatic heterocycles. The van der Waals surface area contributed by atoms with Crippen molar-refractivity contribution in [2.75, 3.05) is 7.11 Å². The fraction of sp³-hybridized carbons (Fsp3) is 0.0500. The highest BCUT2D eigenvalue weighted by atomic mass is 16.5. The van der Waals surface area contributed by atoms with Crippen molar-refractivity contribution in [2.24, 2.45) is 0 Å². The van der Waals surface area contributed by atoms with Crippen molar-refractivity contribution in [1.82, 2.24) is 9.97 Å². The molecule has 1 radical (unpaired) electrons. The third-order valence-corrected chi connectivity index (χ3v) is 3.93. The van der Waals surface area contributed by atoms with E-state index in [1.807, 2.05) is 30.5 Å². The molecule has 3 heteroatoms. The van der Waals surface area contributed by atoms with Gasteiger partial charge in [-0.2, -0.15) is 0 Å². The fourth-order valence-corrected chi connectivity index (χ4v) is 2.83. The number of benzene rings is 2. The largest absolute Gasteiger partial charge is 0.497 e. The highest BCUT2D eigenvalue weighted by Gasteiger charge is 2.09. The molecule has 2 aromatic carbocycles. The lowest BCUT2D eigenvalue weighted by atomic mass is 9.98. The predicted octanol–water partition coefficient (Wildman–Crippen LogP) is 4.71. The van der Waals surface area contributed by atoms with E-state index in [0.717, 1.165) is 28.1 Å². The zero-order valence-corrected chi connectivity index (χ0v) is 12.7. The molecule has 2 heterocycles. The molecule has 0 saturated carbocycles. The normalized spacial score (nSPS) is 10.8. The zero-order valence-electron chi connectivity index (χ0n) is 12.7. The van der Waals surface area contributed by atoms with Crippen LogP contribution in [0.2, 0.25) is 0 Å². The minimum absolute atomic E-state index is 0.809. The van der Waals surface area contributed by atoms with Crippen LogP contribution >= 0.6 is 0 Å². The average molecular weight is 299 g/mol. The molecule has 111 valence electrons. The number of fused-ring (bicyclic) bond motifs is 1. The standard InChI is InChI=1S/C20H15N2O/c1-23-16-12-14(11-15(13-16)19-6-2-3-9-21-19)17-5-4-7-20-18(17)8-10-22-20/h2-5,7-13,22H,1H3. The maximum absolute atomic E-state index is 5.48. The Morgan fingerprint density at radius 1 is 1.04 bits per heavy atom. The third kappa shape index (κ3) is 2.46. The molecule has 0 spiro atoms. The molecule has 23 heavy (non-hydrogen) atoms. The number of nitrogens with zero attached hydrogens (tertiary/aromatic N) is 1. The van der Waals surface area contributed by atoms with Crippen LogP contribution in [0.15, 0.2) is 67.0 Å². The molecule has 0 unspecified atom stereocenters. The second-order valence-corrected chi connectivity index (χ2v) is 5.32. The van der Waals surface area contributed by atoms with Crippen LogP contribution in [0, 0.1) is 6.07 Å². The Bertz CT molecular complexity index is 958. The molecule has 0 saturated heterocycles. The van der Waals surface area contributed by atoms with Crippen LogP contribution in [0.25, 0.3) is 33.3 Å². The molecule has 4 aromatic rings. The summed E-state index contributed by atoms with van der Waals surface area (Å²) >= 11 is 0. The van der Waals surface area contributed by atoms with Gasteiger partial charge in [-0.25, -0.2) is 0 Å². The van der Waals surface area contributed by atoms with Gasteiger partial charge in [0.1, 0.15) is 5.75 Å². The molecule has 4 rings (SSSR count). The van der Waals surface area contributed by atoms with Crippen molar-refractivity contribution in [3.05, 3.63) is 73.1 Å². The lowest BCUT2D eigenvalue weighted by molar-refractivity contribution is 0.415. The van der Waals surface area contributed by atoms with E-state index in [0.29, 0.717) is 0 Å². The molecule has 1 N–H and O–H groups in total. The summed E-state index contributed by atoms with van der Waals surface area (Å²) in [6.45, 7) is 0. The minimum Gasteiger partial charge on any atom is -0.497 e. The molecular formula is C20H15N2O. The Morgan fingerprint density at radius 2 is 1.96 bits per heavy atom. The van der Waals surface area contributed by atoms with Crippen molar-refractivity contribution in [3.63, 3.8) is 0 Å². The lowest BCUT2D eigenvalue weighted by Crippen LogP contribution is -1.89. The number of aromatic amines is 1. The first-order valence-corrected chi connectivity index (χ1v) is 7.44. The molecule has 0 bridgehead atoms. The lowest BCUT2D eigenvalue weighted by Gasteiger charge is -2.10. The van der Waals surface area contributed by atoms with Crippen molar-refractivity contribution in [1.29, 1.82) is 0 Å². The smallest absolute Gasteiger partial charge is 0.120 e. The second kappa shape index (κ2) is 5.61. The van der Waals surface area contributed by atoms with Crippen LogP contribution in [0.1, 0.15) is 0 Å². The number of hydrogen-bond donors (Lipinski definition) is 1. The van der Waals surface area contributed by atoms with E-state index in [1.54, 1.807) is 13.3 Å². The number of methoxy groups -OCH3 is 1. The van der Waals surface area contributed by atoms with E-state index >= 15 is 0 Å². The predicted molar refractivity (Wildman–Crippen MR) is 92.4 cm³/mol. The van der Waals surface area contributed by atoms with Gasteiger partial charge in [0.2, 0.25) is 0 Å². The van der Waals surface area contributed by atoms with Crippen molar-refractivity contribution in [3.8, 4) is 28.1 Å². The van der Waals surface area contributed by atoms with Crippen molar-refractivity contribution < 1.29 is 4.74 Å². The highest BCUT2D eigenvalue weighted by Crippen LogP contribution is 2.34. The van der Waals surface area contributed by atoms with Gasteiger partial charge >= 0.3 is 0 Å². The molecule has 0 amide bonds. The van der Waals surface area contributed by atoms with E-state index in [9.17, 15) is 0 Å². The summed E-state index contributed by atoms with van der Waals surface area (Å²) in [5.74, 6) is 0.809. The van der Waals surface area contributed by atoms with Gasteiger partial charge in [0.25, 0.3) is 0 Å². The van der Waals surface area contributed by atoms with Crippen LogP contribution in [0.3, 0.4) is 0 Å². The number of nitrogens with one attached hydrogen (secondary N) is 1. The van der Waals surface area contributed by atoms with Crippen LogP contribution in [0.4, 0.5) is 0 Å². The SMILES string of the molecule is COc1cc(-c2[c]cccn2)cc(-c2cccc3[nH]ccc23)c1. The molecule has 0 aliphatic rings. The summed E-state index contributed by atoms with van der Waals surface area (Å²) in [6.07, 6.45) is 3.74. The number of pyridine rings is 1. The molecule has 2 aromatic heterocycles. The quantitative estimate of drug-likeness (QED) is 0.595. The Balaban J connectivity index is 1.94. The number of rotatable bonds is 3. The number of H-pyrrole nitrogens is 1. The Labute approximate surface area is 134 Å². The van der Waals surface area contributed by atoms with Crippen molar-refractivity contribution >= 4 is 10.9 Å². The topological polar surface area (TPSA) is 37.9 Å². The first-order chi connectivity index (χ1) is 11.3. The number of ether oxygens (including phenoxy) is 1. The number of hydrogen-bond acceptors (Lipinski definition) is 2. The summed E-state index contributed by atoms with van der Waals surface area (Å²) in [4.78, 5) is 7.65. The van der Waals surface area contributed by atoms with Gasteiger partial charge in [0.05, 0.1) is 12.8 Å². The molecule has 3 nitrogen and oxygen atoms in total. The van der Waals surface area contributed by atoms with E-state index in [4.69, 9.17) is 4.74 Å². The van der Waals surface area contributed by atoms with Gasteiger partial charge in [-0.1, -0.05) is 18.2 Å². The third-order valence-electron chi connectivity index (χ3n) is 3.93. The summed E-state index contributed by atoms with van der Waals surface area (Å²) in [5, 5.41) is 1.19. The zero-order chi connectivity index (χ0) is 15.6. The van der Waals surface area contributed by atoms with Gasteiger partial charge in [-0.3, -0.25) is 4.98 Å². The summed E-state index contributed by atoms with van der Waals surface area (Å²) in [7, 11) is 1.68. The van der Waals surface area contributed by atoms with Gasteiger partial charge < -0.3 is 9.72 Å². The van der Waals surface area contributed by atoms with Crippen LogP contribution in [0.5, 0.6) is 5.75 Å². The Kier molecular flexibility index (Phi) is 3.31. The Morgan fingerprint density at radius 3 is 2.78 bits per heavy atom. The van der Waals surface area contributed by atoms with Gasteiger partial charge in [0.15, 0.2) is 0 Å². The van der Waals surface area contributed by atoms with E-state index in [1.165, 1.54) is 10.9 Å². The maximum Gasteiger partial charge on any atom is 0.120 e. The highest BCUT2D eigenvalue weighted by molar-refractivity contribution is 5.96. The molecular weight excluding hydrogens is 284 g/mol. The Hall–Kier alpha value is -3.07. The fourth-order valence-electron chi connectivity index (χ4n) is 2.83. The van der Waals surface area contributed by atoms with Crippen LogP contribution in [-0.4, -0.2) is 17.1 Å². The second-order valence-electron chi connectivity index (χ2n) is 5.32. The molecule has 0 fully saturated rings. The monoisotopic (exact) mass is 299 g/mol. The van der Waals surface area contributed by atoms with E-state index in [-0.39, 0.29) is 0 Å². The maximum atomic E-state index is 5.48. The summed E-state index contributed by atoms with van der Waals surface area (Å²) in [6, 6.07) is 21.4. The van der Waals surface area contributed by atoms with Gasteiger partial charge in [0, 0.05) is 34.9 Å². The minimum atomic E-state index is 0.809. The van der Waals surface area contributed by atoms with E-state index < -0.39 is 0 Å². The molecule has 0 atom stereocenters. The van der Waals surface area contributed by atoms with Crippen LogP contribution in [-0.2, 0) is 0 Å². The van der Waals surface area contributed by atoms with Crippen LogP contribution < -0.4 is 4.74 Å². The summed E-state index contributed by atoms with van der Waals surface area (Å²) < 4.78 is 5.48. The van der Waals surface area contributed by atoms with Crippen molar-refractivity contribution in [2.45, 2.75) is 0 Å². The average Bonchev–Trinajstić information content (AvgIpc) is 3.10. The first kappa shape index (κ1) is 13.6. The van der Waals surface area contributed by atoms with E-state index in [2.05, 4.69) is 46.4 Å².